The van der Waals surface area contributed by atoms with Crippen molar-refractivity contribution in [2.24, 2.45) is 21.1 Å². The Hall–Kier alpha value is -3.09. The Morgan fingerprint density at radius 1 is 1.04 bits per heavy atom. The molecular formula is C16H17N5O2. The summed E-state index contributed by atoms with van der Waals surface area (Å²) < 4.78 is 4.13. The highest BCUT2D eigenvalue weighted by Gasteiger charge is 2.15. The van der Waals surface area contributed by atoms with Gasteiger partial charge in [0.05, 0.1) is 0 Å². The van der Waals surface area contributed by atoms with Crippen LogP contribution in [0.5, 0.6) is 0 Å². The van der Waals surface area contributed by atoms with Gasteiger partial charge in [0.1, 0.15) is 5.82 Å². The number of rotatable bonds is 2. The maximum atomic E-state index is 12.3. The molecule has 0 bridgehead atoms. The highest BCUT2D eigenvalue weighted by atomic mass is 16.2. The van der Waals surface area contributed by atoms with E-state index in [2.05, 4.69) is 4.98 Å². The Bertz CT molecular complexity index is 1050. The summed E-state index contributed by atoms with van der Waals surface area (Å²) in [5, 5.41) is 0. The van der Waals surface area contributed by atoms with Crippen LogP contribution in [0, 0.1) is 0 Å². The SMILES string of the molecule is Cn1c(=O)c2c(nc(C=Cc3cccc(N)c3)n2C)n(C)c1=O. The first kappa shape index (κ1) is 14.8. The second kappa shape index (κ2) is 5.28. The molecule has 0 radical (unpaired) electrons. The predicted molar refractivity (Wildman–Crippen MR) is 91.0 cm³/mol. The third kappa shape index (κ3) is 2.36. The van der Waals surface area contributed by atoms with Crippen molar-refractivity contribution in [3.63, 3.8) is 0 Å². The van der Waals surface area contributed by atoms with Crippen LogP contribution in [0.2, 0.25) is 0 Å². The summed E-state index contributed by atoms with van der Waals surface area (Å²) in [5.41, 5.74) is 7.36. The molecule has 0 aliphatic heterocycles. The second-order valence-corrected chi connectivity index (χ2v) is 5.41. The number of aromatic nitrogens is 4. The van der Waals surface area contributed by atoms with E-state index in [9.17, 15) is 9.59 Å². The van der Waals surface area contributed by atoms with Gasteiger partial charge in [0.25, 0.3) is 5.56 Å². The van der Waals surface area contributed by atoms with Gasteiger partial charge in [-0.25, -0.2) is 9.78 Å². The lowest BCUT2D eigenvalue weighted by Gasteiger charge is -2.03. The quantitative estimate of drug-likeness (QED) is 0.707. The van der Waals surface area contributed by atoms with Gasteiger partial charge >= 0.3 is 5.69 Å². The fourth-order valence-electron chi connectivity index (χ4n) is 2.52. The number of nitrogens with zero attached hydrogens (tertiary/aromatic N) is 4. The Kier molecular flexibility index (Phi) is 3.40. The molecule has 118 valence electrons. The van der Waals surface area contributed by atoms with E-state index in [0.717, 1.165) is 10.1 Å². The van der Waals surface area contributed by atoms with Crippen LogP contribution < -0.4 is 17.0 Å². The number of fused-ring (bicyclic) bond motifs is 1. The van der Waals surface area contributed by atoms with Crippen LogP contribution in [0.15, 0.2) is 33.9 Å². The number of imidazole rings is 1. The van der Waals surface area contributed by atoms with Crippen molar-refractivity contribution in [3.05, 3.63) is 56.5 Å². The minimum absolute atomic E-state index is 0.360. The van der Waals surface area contributed by atoms with Crippen LogP contribution >= 0.6 is 0 Å². The fraction of sp³-hybridized carbons (Fsp3) is 0.188. The molecular weight excluding hydrogens is 294 g/mol. The molecule has 0 atom stereocenters. The van der Waals surface area contributed by atoms with Gasteiger partial charge in [0.15, 0.2) is 11.2 Å². The smallest absolute Gasteiger partial charge is 0.332 e. The van der Waals surface area contributed by atoms with Crippen molar-refractivity contribution in [1.82, 2.24) is 18.7 Å². The molecule has 0 fully saturated rings. The van der Waals surface area contributed by atoms with Crippen molar-refractivity contribution in [3.8, 4) is 0 Å². The third-order valence-electron chi connectivity index (χ3n) is 3.85. The summed E-state index contributed by atoms with van der Waals surface area (Å²) in [6.07, 6.45) is 3.65. The molecule has 0 aliphatic rings. The molecule has 0 unspecified atom stereocenters. The number of nitrogens with two attached hydrogens (primary N) is 1. The highest BCUT2D eigenvalue weighted by molar-refractivity contribution is 5.76. The van der Waals surface area contributed by atoms with Gasteiger partial charge in [-0.3, -0.25) is 13.9 Å². The fourth-order valence-corrected chi connectivity index (χ4v) is 2.52. The van der Waals surface area contributed by atoms with Crippen molar-refractivity contribution in [2.75, 3.05) is 5.73 Å². The number of aryl methyl sites for hydroxylation is 2. The first-order valence-corrected chi connectivity index (χ1v) is 7.06. The number of hydrogen-bond acceptors (Lipinski definition) is 4. The number of anilines is 1. The summed E-state index contributed by atoms with van der Waals surface area (Å²) in [5.74, 6) is 0.584. The van der Waals surface area contributed by atoms with E-state index in [0.29, 0.717) is 22.7 Å². The third-order valence-corrected chi connectivity index (χ3v) is 3.85. The molecule has 0 aliphatic carbocycles. The molecule has 2 heterocycles. The van der Waals surface area contributed by atoms with Crippen molar-refractivity contribution >= 4 is 29.0 Å². The molecule has 3 rings (SSSR count). The summed E-state index contributed by atoms with van der Waals surface area (Å²) in [6.45, 7) is 0. The molecule has 2 aromatic heterocycles. The second-order valence-electron chi connectivity index (χ2n) is 5.41. The minimum Gasteiger partial charge on any atom is -0.399 e. The van der Waals surface area contributed by atoms with Gasteiger partial charge in [-0.05, 0) is 23.8 Å². The summed E-state index contributed by atoms with van der Waals surface area (Å²) in [7, 11) is 4.81. The normalized spacial score (nSPS) is 11.6. The van der Waals surface area contributed by atoms with E-state index in [1.165, 1.54) is 11.6 Å². The molecule has 3 aromatic rings. The van der Waals surface area contributed by atoms with E-state index in [4.69, 9.17) is 5.73 Å². The zero-order valence-electron chi connectivity index (χ0n) is 13.1. The molecule has 1 aromatic carbocycles. The first-order valence-electron chi connectivity index (χ1n) is 7.06. The van der Waals surface area contributed by atoms with Gasteiger partial charge < -0.3 is 10.3 Å². The molecule has 7 heteroatoms. The van der Waals surface area contributed by atoms with Crippen molar-refractivity contribution in [1.29, 1.82) is 0 Å². The Balaban J connectivity index is 2.19. The highest BCUT2D eigenvalue weighted by Crippen LogP contribution is 2.13. The van der Waals surface area contributed by atoms with Crippen LogP contribution in [0.25, 0.3) is 23.3 Å². The lowest BCUT2D eigenvalue weighted by molar-refractivity contribution is 0.705. The van der Waals surface area contributed by atoms with Gasteiger partial charge in [0, 0.05) is 26.8 Å². The molecule has 0 saturated carbocycles. The predicted octanol–water partition coefficient (Wildman–Crippen LogP) is 0.723. The topological polar surface area (TPSA) is 87.8 Å². The van der Waals surface area contributed by atoms with Crippen LogP contribution in [0.3, 0.4) is 0 Å². The molecule has 7 nitrogen and oxygen atoms in total. The maximum absolute atomic E-state index is 12.3. The van der Waals surface area contributed by atoms with E-state index < -0.39 is 5.69 Å². The lowest BCUT2D eigenvalue weighted by atomic mass is 10.2. The number of nitrogen functional groups attached to an aromatic ring is 1. The molecule has 0 amide bonds. The van der Waals surface area contributed by atoms with Crippen LogP contribution in [-0.4, -0.2) is 18.7 Å². The zero-order valence-corrected chi connectivity index (χ0v) is 13.1. The molecule has 0 saturated heterocycles. The van der Waals surface area contributed by atoms with Gasteiger partial charge in [0.2, 0.25) is 0 Å². The van der Waals surface area contributed by atoms with E-state index in [-0.39, 0.29) is 5.56 Å². The molecule has 2 N–H and O–H groups in total. The average molecular weight is 311 g/mol. The number of benzene rings is 1. The van der Waals surface area contributed by atoms with Gasteiger partial charge in [-0.1, -0.05) is 18.2 Å². The first-order chi connectivity index (χ1) is 10.9. The maximum Gasteiger partial charge on any atom is 0.332 e. The van der Waals surface area contributed by atoms with E-state index in [1.54, 1.807) is 24.7 Å². The number of hydrogen-bond donors (Lipinski definition) is 1. The monoisotopic (exact) mass is 311 g/mol. The van der Waals surface area contributed by atoms with Crippen LogP contribution in [0.4, 0.5) is 5.69 Å². The van der Waals surface area contributed by atoms with Crippen molar-refractivity contribution < 1.29 is 0 Å². The largest absolute Gasteiger partial charge is 0.399 e. The lowest BCUT2D eigenvalue weighted by Crippen LogP contribution is -2.37. The standard InChI is InChI=1S/C16H17N5O2/c1-19-12(8-7-10-5-4-6-11(17)9-10)18-14-13(19)15(22)21(3)16(23)20(14)2/h4-9H,17H2,1-3H3. The van der Waals surface area contributed by atoms with Crippen LogP contribution in [0.1, 0.15) is 11.4 Å². The molecule has 23 heavy (non-hydrogen) atoms. The summed E-state index contributed by atoms with van der Waals surface area (Å²) in [4.78, 5) is 28.7. The summed E-state index contributed by atoms with van der Waals surface area (Å²) >= 11 is 0. The minimum atomic E-state index is -0.396. The Labute approximate surface area is 131 Å². The molecule has 0 spiro atoms. The van der Waals surface area contributed by atoms with Crippen molar-refractivity contribution in [2.45, 2.75) is 0 Å². The van der Waals surface area contributed by atoms with Gasteiger partial charge in [-0.2, -0.15) is 0 Å². The Morgan fingerprint density at radius 2 is 1.78 bits per heavy atom. The van der Waals surface area contributed by atoms with Gasteiger partial charge in [-0.15, -0.1) is 0 Å². The van der Waals surface area contributed by atoms with E-state index in [1.807, 2.05) is 30.3 Å². The zero-order chi connectivity index (χ0) is 16.7. The average Bonchev–Trinajstić information content (AvgIpc) is 2.86. The summed E-state index contributed by atoms with van der Waals surface area (Å²) in [6, 6.07) is 7.44. The van der Waals surface area contributed by atoms with Crippen LogP contribution in [-0.2, 0) is 21.1 Å². The Morgan fingerprint density at radius 3 is 2.48 bits per heavy atom. The van der Waals surface area contributed by atoms with E-state index >= 15 is 0 Å².